The summed E-state index contributed by atoms with van der Waals surface area (Å²) < 4.78 is 11.3. The third kappa shape index (κ3) is 1.65. The monoisotopic (exact) mass is 262 g/mol. The van der Waals surface area contributed by atoms with Crippen LogP contribution in [0, 0.1) is 0 Å². The van der Waals surface area contributed by atoms with E-state index in [1.54, 1.807) is 0 Å². The van der Waals surface area contributed by atoms with Crippen molar-refractivity contribution in [1.29, 1.82) is 0 Å². The molecule has 1 aliphatic carbocycles. The molecule has 1 N–H and O–H groups in total. The van der Waals surface area contributed by atoms with E-state index in [4.69, 9.17) is 9.47 Å². The first kappa shape index (κ1) is 10.6. The summed E-state index contributed by atoms with van der Waals surface area (Å²) in [4.78, 5) is 0.0220. The summed E-state index contributed by atoms with van der Waals surface area (Å²) in [6.07, 6.45) is -0.224. The van der Waals surface area contributed by atoms with E-state index in [0.29, 0.717) is 0 Å². The molecule has 14 heavy (non-hydrogen) atoms. The number of rotatable bonds is 0. The molecule has 2 fully saturated rings. The van der Waals surface area contributed by atoms with Gasteiger partial charge in [-0.3, -0.25) is 0 Å². The summed E-state index contributed by atoms with van der Waals surface area (Å²) in [7, 11) is 0. The number of halogens is 1. The molecule has 80 valence electrons. The number of alkyl halides is 1. The molecule has 1 heterocycles. The van der Waals surface area contributed by atoms with Crippen molar-refractivity contribution in [2.75, 3.05) is 0 Å². The molecule has 0 aromatic heterocycles. The predicted octanol–water partition coefficient (Wildman–Crippen LogP) is 1.59. The van der Waals surface area contributed by atoms with Crippen LogP contribution < -0.4 is 0 Å². The van der Waals surface area contributed by atoms with Crippen LogP contribution in [0.4, 0.5) is 0 Å². The lowest BCUT2D eigenvalue weighted by molar-refractivity contribution is -0.152. The third-order valence-electron chi connectivity index (χ3n) is 2.70. The van der Waals surface area contributed by atoms with Crippen molar-refractivity contribution in [2.45, 2.75) is 49.2 Å². The van der Waals surface area contributed by atoms with Crippen LogP contribution in [0.15, 0.2) is 12.2 Å². The third-order valence-corrected chi connectivity index (χ3v) is 3.56. The summed E-state index contributed by atoms with van der Waals surface area (Å²) in [5, 5.41) is 9.90. The summed E-state index contributed by atoms with van der Waals surface area (Å²) >= 11 is 3.42. The van der Waals surface area contributed by atoms with Crippen LogP contribution in [-0.2, 0) is 9.47 Å². The van der Waals surface area contributed by atoms with Gasteiger partial charge in [-0.25, -0.2) is 0 Å². The predicted molar refractivity (Wildman–Crippen MR) is 56.3 cm³/mol. The van der Waals surface area contributed by atoms with Crippen LogP contribution in [0.25, 0.3) is 0 Å². The van der Waals surface area contributed by atoms with Crippen LogP contribution in [0.1, 0.15) is 20.3 Å². The van der Waals surface area contributed by atoms with Crippen LogP contribution in [0.3, 0.4) is 0 Å². The van der Waals surface area contributed by atoms with E-state index >= 15 is 0 Å². The van der Waals surface area contributed by atoms with Gasteiger partial charge in [0, 0.05) is 4.83 Å². The fourth-order valence-electron chi connectivity index (χ4n) is 2.05. The molecular weight excluding hydrogens is 248 g/mol. The zero-order chi connectivity index (χ0) is 10.5. The molecule has 0 unspecified atom stereocenters. The van der Waals surface area contributed by atoms with Gasteiger partial charge in [0.05, 0.1) is 6.10 Å². The lowest BCUT2D eigenvalue weighted by Crippen LogP contribution is -2.46. The topological polar surface area (TPSA) is 38.7 Å². The van der Waals surface area contributed by atoms with Gasteiger partial charge < -0.3 is 14.6 Å². The van der Waals surface area contributed by atoms with E-state index in [9.17, 15) is 5.11 Å². The molecule has 0 aromatic carbocycles. The van der Waals surface area contributed by atoms with Crippen molar-refractivity contribution in [2.24, 2.45) is 0 Å². The Kier molecular flexibility index (Phi) is 2.50. The minimum atomic E-state index is -0.615. The van der Waals surface area contributed by atoms with Gasteiger partial charge in [-0.1, -0.05) is 22.5 Å². The highest BCUT2D eigenvalue weighted by Gasteiger charge is 2.50. The summed E-state index contributed by atoms with van der Waals surface area (Å²) in [5.41, 5.74) is 0.993. The first-order valence-electron chi connectivity index (χ1n) is 4.76. The molecular formula is C10H15BrO3. The van der Waals surface area contributed by atoms with Crippen molar-refractivity contribution in [1.82, 2.24) is 0 Å². The lowest BCUT2D eigenvalue weighted by atomic mass is 9.88. The highest BCUT2D eigenvalue weighted by atomic mass is 79.9. The van der Waals surface area contributed by atoms with Crippen LogP contribution in [0.2, 0.25) is 0 Å². The summed E-state index contributed by atoms with van der Waals surface area (Å²) in [6, 6.07) is 0. The molecule has 0 spiro atoms. The highest BCUT2D eigenvalue weighted by molar-refractivity contribution is 9.09. The van der Waals surface area contributed by atoms with E-state index in [0.717, 1.165) is 12.0 Å². The molecule has 1 saturated carbocycles. The van der Waals surface area contributed by atoms with Gasteiger partial charge in [0.1, 0.15) is 12.2 Å². The van der Waals surface area contributed by atoms with Crippen LogP contribution in [0.5, 0.6) is 0 Å². The number of ether oxygens (including phenoxy) is 2. The number of hydrogen-bond donors (Lipinski definition) is 1. The van der Waals surface area contributed by atoms with E-state index in [2.05, 4.69) is 22.5 Å². The van der Waals surface area contributed by atoms with E-state index in [-0.39, 0.29) is 17.0 Å². The second-order valence-electron chi connectivity index (χ2n) is 4.39. The van der Waals surface area contributed by atoms with Crippen molar-refractivity contribution in [3.63, 3.8) is 0 Å². The van der Waals surface area contributed by atoms with Gasteiger partial charge in [0.25, 0.3) is 0 Å². The van der Waals surface area contributed by atoms with Gasteiger partial charge in [0.15, 0.2) is 5.79 Å². The van der Waals surface area contributed by atoms with Gasteiger partial charge in [-0.05, 0) is 25.8 Å². The molecule has 4 atom stereocenters. The summed E-state index contributed by atoms with van der Waals surface area (Å²) in [6.45, 7) is 7.67. The smallest absolute Gasteiger partial charge is 0.164 e. The second kappa shape index (κ2) is 3.30. The molecule has 3 nitrogen and oxygen atoms in total. The number of fused-ring (bicyclic) bond motifs is 1. The largest absolute Gasteiger partial charge is 0.389 e. The molecule has 0 aromatic rings. The Labute approximate surface area is 92.2 Å². The van der Waals surface area contributed by atoms with E-state index < -0.39 is 11.9 Å². The Balaban J connectivity index is 2.22. The quantitative estimate of drug-likeness (QED) is 0.533. The molecule has 0 bridgehead atoms. The van der Waals surface area contributed by atoms with E-state index in [1.807, 2.05) is 13.8 Å². The minimum absolute atomic E-state index is 0.0220. The molecule has 0 amide bonds. The Morgan fingerprint density at radius 3 is 2.79 bits per heavy atom. The molecule has 2 aliphatic rings. The van der Waals surface area contributed by atoms with Crippen molar-refractivity contribution in [3.8, 4) is 0 Å². The maximum atomic E-state index is 9.90. The van der Waals surface area contributed by atoms with Gasteiger partial charge >= 0.3 is 0 Å². The Morgan fingerprint density at radius 2 is 2.14 bits per heavy atom. The minimum Gasteiger partial charge on any atom is -0.389 e. The SMILES string of the molecule is C=C1C[C@H](Br)[C@@H](O)[C@@H]2OC(C)(C)O[C@@H]12. The average molecular weight is 263 g/mol. The van der Waals surface area contributed by atoms with Gasteiger partial charge in [-0.15, -0.1) is 0 Å². The number of aliphatic hydroxyl groups is 1. The molecule has 0 radical (unpaired) electrons. The molecule has 4 heteroatoms. The number of hydrogen-bond acceptors (Lipinski definition) is 3. The molecule has 2 rings (SSSR count). The maximum absolute atomic E-state index is 9.90. The van der Waals surface area contributed by atoms with Gasteiger partial charge in [-0.2, -0.15) is 0 Å². The zero-order valence-corrected chi connectivity index (χ0v) is 9.95. The summed E-state index contributed by atoms with van der Waals surface area (Å²) in [5.74, 6) is -0.615. The van der Waals surface area contributed by atoms with Crippen LogP contribution >= 0.6 is 15.9 Å². The highest BCUT2D eigenvalue weighted by Crippen LogP contribution is 2.40. The Morgan fingerprint density at radius 1 is 1.50 bits per heavy atom. The van der Waals surface area contributed by atoms with Crippen molar-refractivity contribution >= 4 is 15.9 Å². The molecule has 1 saturated heterocycles. The zero-order valence-electron chi connectivity index (χ0n) is 8.37. The van der Waals surface area contributed by atoms with Gasteiger partial charge in [0.2, 0.25) is 0 Å². The maximum Gasteiger partial charge on any atom is 0.164 e. The molecule has 1 aliphatic heterocycles. The Bertz CT molecular complexity index is 264. The first-order chi connectivity index (χ1) is 6.41. The standard InChI is InChI=1S/C10H15BrO3/c1-5-4-6(11)7(12)9-8(5)13-10(2,3)14-9/h6-9,12H,1,4H2,2-3H3/t6-,7+,8-,9-/m0/s1. The van der Waals surface area contributed by atoms with Crippen molar-refractivity contribution in [3.05, 3.63) is 12.2 Å². The fraction of sp³-hybridized carbons (Fsp3) is 0.800. The van der Waals surface area contributed by atoms with Crippen LogP contribution in [-0.4, -0.2) is 34.0 Å². The Hall–Kier alpha value is 0.1000. The van der Waals surface area contributed by atoms with Crippen molar-refractivity contribution < 1.29 is 14.6 Å². The lowest BCUT2D eigenvalue weighted by Gasteiger charge is -2.33. The average Bonchev–Trinajstić information content (AvgIpc) is 2.38. The number of aliphatic hydroxyl groups excluding tert-OH is 1. The normalized spacial score (nSPS) is 46.4. The van der Waals surface area contributed by atoms with E-state index in [1.165, 1.54) is 0 Å². The first-order valence-corrected chi connectivity index (χ1v) is 5.68. The fourth-order valence-corrected chi connectivity index (χ4v) is 2.76. The second-order valence-corrected chi connectivity index (χ2v) is 5.57.